The van der Waals surface area contributed by atoms with Crippen molar-refractivity contribution in [3.05, 3.63) is 35.4 Å². The number of Topliss-reactive ketones (excluding diaryl/α,β-unsaturated/α-hetero) is 1. The van der Waals surface area contributed by atoms with Crippen molar-refractivity contribution < 1.29 is 19.1 Å². The van der Waals surface area contributed by atoms with Crippen molar-refractivity contribution in [3.8, 4) is 0 Å². The molecule has 37 heavy (non-hydrogen) atoms. The maximum atomic E-state index is 13.5. The number of carbonyl (C=O) groups is 3. The summed E-state index contributed by atoms with van der Waals surface area (Å²) < 4.78 is 5.55. The minimum atomic E-state index is -0.683. The molecule has 1 aromatic carbocycles. The average Bonchev–Trinajstić information content (AvgIpc) is 3.41. The highest BCUT2D eigenvalue weighted by Gasteiger charge is 2.48. The highest BCUT2D eigenvalue weighted by molar-refractivity contribution is 7.59. The van der Waals surface area contributed by atoms with Gasteiger partial charge in [0, 0.05) is 12.1 Å². The summed E-state index contributed by atoms with van der Waals surface area (Å²) in [5.41, 5.74) is 1.67. The number of carbonyl (C=O) groups excluding carboxylic acids is 3. The molecule has 0 spiro atoms. The largest absolute Gasteiger partial charge is 0.368 e. The molecule has 9 heteroatoms. The maximum Gasteiger partial charge on any atom is 0.251 e. The van der Waals surface area contributed by atoms with Gasteiger partial charge in [-0.3, -0.25) is 14.4 Å². The van der Waals surface area contributed by atoms with Crippen LogP contribution in [0, 0.1) is 5.41 Å². The molecular weight excluding hydrogens is 506 g/mol. The van der Waals surface area contributed by atoms with Crippen LogP contribution in [0.25, 0.3) is 0 Å². The standard InChI is InChI=1S/C28H41N3O4.2H2S/c1-5-13-30-14-10-20(11-15-30)19-6-8-21(9-7-19)26(33)29-22(17-28(2,3)4)27(34)31-16-12-24-25(31)23(32)18-35-24;;/h6-9,20,22,24-25H,5,10-18H2,1-4H3,(H,29,33);2*1H2/t22-,24+,25+;;/m0../s1. The van der Waals surface area contributed by atoms with E-state index in [0.29, 0.717) is 30.9 Å². The normalized spacial score (nSPS) is 23.1. The summed E-state index contributed by atoms with van der Waals surface area (Å²) >= 11 is 0. The van der Waals surface area contributed by atoms with Crippen molar-refractivity contribution in [1.82, 2.24) is 15.1 Å². The second-order valence-corrected chi connectivity index (χ2v) is 11.6. The molecule has 3 aliphatic rings. The molecule has 3 heterocycles. The van der Waals surface area contributed by atoms with Gasteiger partial charge in [-0.15, -0.1) is 0 Å². The van der Waals surface area contributed by atoms with Crippen molar-refractivity contribution in [2.75, 3.05) is 32.8 Å². The van der Waals surface area contributed by atoms with Gasteiger partial charge in [0.25, 0.3) is 5.91 Å². The first kappa shape index (κ1) is 31.7. The fraction of sp³-hybridized carbons (Fsp3) is 0.679. The van der Waals surface area contributed by atoms with E-state index in [1.165, 1.54) is 18.5 Å². The van der Waals surface area contributed by atoms with Crippen LogP contribution in [0.15, 0.2) is 24.3 Å². The minimum absolute atomic E-state index is 0. The molecule has 0 aromatic heterocycles. The average molecular weight is 552 g/mol. The fourth-order valence-electron chi connectivity index (χ4n) is 5.81. The van der Waals surface area contributed by atoms with Crippen LogP contribution in [0.4, 0.5) is 0 Å². The molecule has 2 amide bonds. The number of amides is 2. The highest BCUT2D eigenvalue weighted by Crippen LogP contribution is 2.30. The molecule has 1 N–H and O–H groups in total. The lowest BCUT2D eigenvalue weighted by Gasteiger charge is -2.32. The van der Waals surface area contributed by atoms with Crippen LogP contribution in [0.2, 0.25) is 0 Å². The van der Waals surface area contributed by atoms with Gasteiger partial charge >= 0.3 is 0 Å². The van der Waals surface area contributed by atoms with Crippen LogP contribution < -0.4 is 5.32 Å². The van der Waals surface area contributed by atoms with Crippen LogP contribution in [0.3, 0.4) is 0 Å². The lowest BCUT2D eigenvalue weighted by molar-refractivity contribution is -0.138. The number of rotatable bonds is 7. The van der Waals surface area contributed by atoms with Gasteiger partial charge in [-0.2, -0.15) is 27.0 Å². The van der Waals surface area contributed by atoms with E-state index >= 15 is 0 Å². The zero-order chi connectivity index (χ0) is 25.2. The number of likely N-dealkylation sites (tertiary alicyclic amines) is 2. The Kier molecular flexibility index (Phi) is 11.5. The number of benzene rings is 1. The summed E-state index contributed by atoms with van der Waals surface area (Å²) in [5, 5.41) is 2.99. The molecule has 7 nitrogen and oxygen atoms in total. The van der Waals surface area contributed by atoms with Gasteiger partial charge in [0.1, 0.15) is 18.7 Å². The predicted molar refractivity (Wildman–Crippen MR) is 156 cm³/mol. The summed E-state index contributed by atoms with van der Waals surface area (Å²) in [4.78, 5) is 43.2. The number of ether oxygens (including phenoxy) is 1. The minimum Gasteiger partial charge on any atom is -0.368 e. The summed E-state index contributed by atoms with van der Waals surface area (Å²) in [6.45, 7) is 12.4. The van der Waals surface area contributed by atoms with Gasteiger partial charge in [0.15, 0.2) is 5.78 Å². The van der Waals surface area contributed by atoms with Crippen molar-refractivity contribution in [1.29, 1.82) is 0 Å². The van der Waals surface area contributed by atoms with Crippen LogP contribution >= 0.6 is 27.0 Å². The van der Waals surface area contributed by atoms with E-state index in [1.807, 2.05) is 12.1 Å². The molecule has 4 rings (SSSR count). The monoisotopic (exact) mass is 551 g/mol. The van der Waals surface area contributed by atoms with Crippen LogP contribution in [0.1, 0.15) is 81.6 Å². The van der Waals surface area contributed by atoms with Gasteiger partial charge in [0.05, 0.1) is 6.10 Å². The number of piperidine rings is 1. The highest BCUT2D eigenvalue weighted by atomic mass is 32.1. The Hall–Kier alpha value is -1.55. The molecule has 1 aromatic rings. The van der Waals surface area contributed by atoms with Crippen molar-refractivity contribution >= 4 is 44.6 Å². The Morgan fingerprint density at radius 2 is 1.70 bits per heavy atom. The third kappa shape index (κ3) is 7.74. The molecule has 208 valence electrons. The molecule has 3 atom stereocenters. The first-order chi connectivity index (χ1) is 16.7. The number of nitrogens with one attached hydrogen (secondary N) is 1. The van der Waals surface area contributed by atoms with Gasteiger partial charge < -0.3 is 19.9 Å². The molecule has 0 radical (unpaired) electrons. The lowest BCUT2D eigenvalue weighted by Crippen LogP contribution is -2.53. The Bertz CT molecular complexity index is 926. The smallest absolute Gasteiger partial charge is 0.251 e. The molecule has 3 saturated heterocycles. The molecule has 0 unspecified atom stereocenters. The summed E-state index contributed by atoms with van der Waals surface area (Å²) in [6.07, 6.45) is 4.43. The molecule has 3 fully saturated rings. The lowest BCUT2D eigenvalue weighted by atomic mass is 9.87. The number of nitrogens with zero attached hydrogens (tertiary/aromatic N) is 2. The summed E-state index contributed by atoms with van der Waals surface area (Å²) in [5.74, 6) is 0.0549. The number of ketones is 1. The van der Waals surface area contributed by atoms with E-state index in [9.17, 15) is 14.4 Å². The zero-order valence-electron chi connectivity index (χ0n) is 22.7. The third-order valence-electron chi connectivity index (χ3n) is 7.59. The number of fused-ring (bicyclic) bond motifs is 1. The summed E-state index contributed by atoms with van der Waals surface area (Å²) in [6, 6.07) is 6.69. The van der Waals surface area contributed by atoms with E-state index in [2.05, 4.69) is 50.0 Å². The van der Waals surface area contributed by atoms with Crippen molar-refractivity contribution in [3.63, 3.8) is 0 Å². The quantitative estimate of drug-likeness (QED) is 0.560. The number of hydrogen-bond donors (Lipinski definition) is 1. The molecule has 0 saturated carbocycles. The molecule has 3 aliphatic heterocycles. The first-order valence-electron chi connectivity index (χ1n) is 13.2. The Labute approximate surface area is 235 Å². The maximum absolute atomic E-state index is 13.5. The molecule has 0 aliphatic carbocycles. The number of hydrogen-bond acceptors (Lipinski definition) is 5. The van der Waals surface area contributed by atoms with Gasteiger partial charge in [-0.05, 0) is 80.8 Å². The topological polar surface area (TPSA) is 79.0 Å². The molecular formula is C28H45N3O4S2. The van der Waals surface area contributed by atoms with Gasteiger partial charge in [-0.25, -0.2) is 0 Å². The van der Waals surface area contributed by atoms with E-state index < -0.39 is 12.1 Å². The Balaban J connectivity index is 0.00000241. The van der Waals surface area contributed by atoms with Crippen LogP contribution in [-0.2, 0) is 14.3 Å². The van der Waals surface area contributed by atoms with Crippen molar-refractivity contribution in [2.45, 2.75) is 83.9 Å². The third-order valence-corrected chi connectivity index (χ3v) is 7.59. The predicted octanol–water partition coefficient (Wildman–Crippen LogP) is 3.61. The van der Waals surface area contributed by atoms with Crippen LogP contribution in [-0.4, -0.2) is 78.4 Å². The van der Waals surface area contributed by atoms with E-state index in [0.717, 1.165) is 25.9 Å². The molecule has 0 bridgehead atoms. The van der Waals surface area contributed by atoms with E-state index in [4.69, 9.17) is 4.74 Å². The van der Waals surface area contributed by atoms with Gasteiger partial charge in [0.2, 0.25) is 5.91 Å². The fourth-order valence-corrected chi connectivity index (χ4v) is 5.81. The van der Waals surface area contributed by atoms with Crippen molar-refractivity contribution in [2.24, 2.45) is 5.41 Å². The zero-order valence-corrected chi connectivity index (χ0v) is 24.7. The van der Waals surface area contributed by atoms with E-state index in [1.54, 1.807) is 4.90 Å². The van der Waals surface area contributed by atoms with E-state index in [-0.39, 0.29) is 62.7 Å². The first-order valence-corrected chi connectivity index (χ1v) is 13.2. The Morgan fingerprint density at radius 3 is 2.30 bits per heavy atom. The van der Waals surface area contributed by atoms with Crippen LogP contribution in [0.5, 0.6) is 0 Å². The summed E-state index contributed by atoms with van der Waals surface area (Å²) in [7, 11) is 0. The second kappa shape index (κ2) is 13.5. The Morgan fingerprint density at radius 1 is 1.05 bits per heavy atom. The SMILES string of the molecule is CCCN1CCC(c2ccc(C(=O)N[C@@H](CC(C)(C)C)C(=O)N3CC[C@H]4OCC(=O)[C@H]43)cc2)CC1.S.S. The van der Waals surface area contributed by atoms with Gasteiger partial charge in [-0.1, -0.05) is 39.8 Å². The second-order valence-electron chi connectivity index (χ2n) is 11.6.